The number of hydrogen-bond acceptors (Lipinski definition) is 4. The Balaban J connectivity index is 1.20. The average Bonchev–Trinajstić information content (AvgIpc) is 3.65. The van der Waals surface area contributed by atoms with Crippen molar-refractivity contribution in [1.29, 1.82) is 0 Å². The molecule has 1 aliphatic heterocycles. The maximum Gasteiger partial charge on any atom is 0.160 e. The number of hydrogen-bond donors (Lipinski definition) is 0. The zero-order chi connectivity index (χ0) is 32.3. The van der Waals surface area contributed by atoms with Crippen LogP contribution in [0.2, 0.25) is 0 Å². The van der Waals surface area contributed by atoms with Crippen LogP contribution in [0.25, 0.3) is 69.7 Å². The van der Waals surface area contributed by atoms with Gasteiger partial charge in [-0.2, -0.15) is 0 Å². The summed E-state index contributed by atoms with van der Waals surface area (Å²) in [5.41, 5.74) is 9.07. The van der Waals surface area contributed by atoms with E-state index in [9.17, 15) is 0 Å². The van der Waals surface area contributed by atoms with Gasteiger partial charge in [-0.1, -0.05) is 121 Å². The van der Waals surface area contributed by atoms with Gasteiger partial charge in [-0.3, -0.25) is 0 Å². The summed E-state index contributed by atoms with van der Waals surface area (Å²) in [6.45, 7) is 0. The minimum absolute atomic E-state index is 0.666. The number of benzene rings is 7. The van der Waals surface area contributed by atoms with Gasteiger partial charge < -0.3 is 4.42 Å². The van der Waals surface area contributed by atoms with Gasteiger partial charge in [0.2, 0.25) is 0 Å². The van der Waals surface area contributed by atoms with Gasteiger partial charge in [0.25, 0.3) is 0 Å². The molecule has 2 aromatic heterocycles. The molecule has 1 aliphatic rings. The Bertz CT molecular complexity index is 2850. The first-order valence-electron chi connectivity index (χ1n) is 16.5. The van der Waals surface area contributed by atoms with Gasteiger partial charge in [-0.05, 0) is 63.9 Å². The predicted molar refractivity (Wildman–Crippen MR) is 208 cm³/mol. The van der Waals surface area contributed by atoms with Crippen molar-refractivity contribution in [3.8, 4) is 11.1 Å². The number of allylic oxidation sites excluding steroid dienone is 1. The second-order valence-corrected chi connectivity index (χ2v) is 13.6. The molecule has 0 saturated heterocycles. The third kappa shape index (κ3) is 4.72. The van der Waals surface area contributed by atoms with Crippen LogP contribution in [-0.4, -0.2) is 11.5 Å². The minimum atomic E-state index is 0.666. The van der Waals surface area contributed by atoms with Crippen molar-refractivity contribution >= 4 is 81.5 Å². The van der Waals surface area contributed by atoms with E-state index >= 15 is 0 Å². The van der Waals surface area contributed by atoms with E-state index in [0.717, 1.165) is 55.6 Å². The van der Waals surface area contributed by atoms with E-state index in [1.807, 2.05) is 29.5 Å². The summed E-state index contributed by atoms with van der Waals surface area (Å²) >= 11 is 1.83. The largest absolute Gasteiger partial charge is 0.456 e. The Labute approximate surface area is 286 Å². The molecule has 0 amide bonds. The molecule has 0 fully saturated rings. The molecule has 230 valence electrons. The highest BCUT2D eigenvalue weighted by molar-refractivity contribution is 7.25. The molecule has 3 heterocycles. The second-order valence-electron chi connectivity index (χ2n) is 12.5. The summed E-state index contributed by atoms with van der Waals surface area (Å²) in [5.74, 6) is 0.684. The van der Waals surface area contributed by atoms with Crippen molar-refractivity contribution in [2.75, 3.05) is 0 Å². The molecule has 9 aromatic rings. The zero-order valence-corrected chi connectivity index (χ0v) is 27.2. The summed E-state index contributed by atoms with van der Waals surface area (Å²) < 4.78 is 9.02. The van der Waals surface area contributed by atoms with Crippen LogP contribution < -0.4 is 0 Å². The maximum atomic E-state index is 6.48. The molecule has 10 rings (SSSR count). The minimum Gasteiger partial charge on any atom is -0.456 e. The summed E-state index contributed by atoms with van der Waals surface area (Å²) in [5, 5.41) is 7.03. The van der Waals surface area contributed by atoms with E-state index in [-0.39, 0.29) is 0 Å². The van der Waals surface area contributed by atoms with Gasteiger partial charge >= 0.3 is 0 Å². The summed E-state index contributed by atoms with van der Waals surface area (Å²) in [7, 11) is 0. The Morgan fingerprint density at radius 3 is 2.18 bits per heavy atom. The Hall–Kier alpha value is -6.10. The van der Waals surface area contributed by atoms with Crippen LogP contribution in [-0.2, 0) is 0 Å². The van der Waals surface area contributed by atoms with Crippen LogP contribution in [0.4, 0.5) is 0 Å². The summed E-state index contributed by atoms with van der Waals surface area (Å²) in [6.07, 6.45) is 2.91. The summed E-state index contributed by atoms with van der Waals surface area (Å²) in [4.78, 5) is 10.8. The lowest BCUT2D eigenvalue weighted by molar-refractivity contribution is 0.669. The molecule has 0 N–H and O–H groups in total. The summed E-state index contributed by atoms with van der Waals surface area (Å²) in [6, 6.07) is 53.5. The van der Waals surface area contributed by atoms with Crippen molar-refractivity contribution in [1.82, 2.24) is 0 Å². The number of thiophene rings is 1. The fraction of sp³-hybridized carbons (Fsp3) is 0.0222. The van der Waals surface area contributed by atoms with E-state index < -0.39 is 0 Å². The van der Waals surface area contributed by atoms with Gasteiger partial charge in [0.1, 0.15) is 11.2 Å². The predicted octanol–water partition coefficient (Wildman–Crippen LogP) is 12.5. The number of nitrogens with zero attached hydrogens (tertiary/aromatic N) is 2. The van der Waals surface area contributed by atoms with E-state index in [4.69, 9.17) is 14.4 Å². The SMILES string of the molecule is C1=C(c2cccc3sc4ccccc4c23)N=C(c2cccc3oc4ccc(-c5ccc6ccccc6c5)cc4c23)N=C(c2ccccc2)C1. The smallest absolute Gasteiger partial charge is 0.160 e. The molecule has 7 aromatic carbocycles. The van der Waals surface area contributed by atoms with Crippen molar-refractivity contribution in [3.63, 3.8) is 0 Å². The van der Waals surface area contributed by atoms with Gasteiger partial charge in [-0.15, -0.1) is 11.3 Å². The Kier molecular flexibility index (Phi) is 6.42. The standard InChI is InChI=1S/C45H28N2OS/c1-2-11-29(12-3-1)37-23-24-38(33-15-9-19-42-44(33)34-14-6-7-18-41(34)49-42)47-45(46-37)35-16-8-17-40-43(35)36-27-32(22-25-39(36)48-40)31-21-20-28-10-4-5-13-30(28)26-31/h1-22,24-27H,23H2. The first kappa shape index (κ1) is 28.0. The first-order chi connectivity index (χ1) is 24.3. The van der Waals surface area contributed by atoms with Crippen LogP contribution in [0, 0.1) is 0 Å². The van der Waals surface area contributed by atoms with Crippen LogP contribution in [0.1, 0.15) is 23.1 Å². The van der Waals surface area contributed by atoms with E-state index in [0.29, 0.717) is 12.3 Å². The number of rotatable bonds is 4. The number of fused-ring (bicyclic) bond motifs is 7. The molecule has 0 aliphatic carbocycles. The molecule has 0 spiro atoms. The van der Waals surface area contributed by atoms with Gasteiger partial charge in [0.05, 0.1) is 11.4 Å². The molecular formula is C45H28N2OS. The lowest BCUT2D eigenvalue weighted by Gasteiger charge is -2.08. The van der Waals surface area contributed by atoms with E-state index in [1.165, 1.54) is 36.5 Å². The third-order valence-electron chi connectivity index (χ3n) is 9.56. The lowest BCUT2D eigenvalue weighted by atomic mass is 9.98. The van der Waals surface area contributed by atoms with E-state index in [2.05, 4.69) is 140 Å². The van der Waals surface area contributed by atoms with Gasteiger partial charge in [0.15, 0.2) is 5.84 Å². The molecule has 0 radical (unpaired) electrons. The normalized spacial score (nSPS) is 13.6. The lowest BCUT2D eigenvalue weighted by Crippen LogP contribution is -2.05. The zero-order valence-electron chi connectivity index (χ0n) is 26.4. The number of aliphatic imine (C=N–C) groups is 2. The number of amidine groups is 1. The molecule has 0 atom stereocenters. The fourth-order valence-corrected chi connectivity index (χ4v) is 8.34. The average molecular weight is 645 g/mol. The van der Waals surface area contributed by atoms with Crippen LogP contribution in [0.5, 0.6) is 0 Å². The van der Waals surface area contributed by atoms with E-state index in [1.54, 1.807) is 0 Å². The highest BCUT2D eigenvalue weighted by Gasteiger charge is 2.21. The second kappa shape index (κ2) is 11.3. The first-order valence-corrected chi connectivity index (χ1v) is 17.4. The molecule has 0 unspecified atom stereocenters. The Morgan fingerprint density at radius 1 is 0.490 bits per heavy atom. The topological polar surface area (TPSA) is 37.9 Å². The molecule has 49 heavy (non-hydrogen) atoms. The van der Waals surface area contributed by atoms with Gasteiger partial charge in [-0.25, -0.2) is 9.98 Å². The monoisotopic (exact) mass is 644 g/mol. The molecular weight excluding hydrogens is 617 g/mol. The van der Waals surface area contributed by atoms with Crippen LogP contribution >= 0.6 is 11.3 Å². The fourth-order valence-electron chi connectivity index (χ4n) is 7.20. The molecule has 0 saturated carbocycles. The van der Waals surface area contributed by atoms with Crippen molar-refractivity contribution < 1.29 is 4.42 Å². The molecule has 0 bridgehead atoms. The third-order valence-corrected chi connectivity index (χ3v) is 10.7. The van der Waals surface area contributed by atoms with Gasteiger partial charge in [0, 0.05) is 48.5 Å². The quantitative estimate of drug-likeness (QED) is 0.188. The van der Waals surface area contributed by atoms with Crippen molar-refractivity contribution in [2.45, 2.75) is 6.42 Å². The van der Waals surface area contributed by atoms with Crippen LogP contribution in [0.3, 0.4) is 0 Å². The van der Waals surface area contributed by atoms with Crippen molar-refractivity contribution in [2.24, 2.45) is 9.98 Å². The highest BCUT2D eigenvalue weighted by atomic mass is 32.1. The number of furan rings is 1. The highest BCUT2D eigenvalue weighted by Crippen LogP contribution is 2.40. The van der Waals surface area contributed by atoms with Crippen molar-refractivity contribution in [3.05, 3.63) is 174 Å². The Morgan fingerprint density at radius 2 is 1.24 bits per heavy atom. The van der Waals surface area contributed by atoms with Crippen LogP contribution in [0.15, 0.2) is 172 Å². The maximum absolute atomic E-state index is 6.48. The molecule has 3 nitrogen and oxygen atoms in total. The molecule has 4 heteroatoms.